The number of nitrogens with one attached hydrogen (secondary N) is 1. The number of amides is 1. The minimum absolute atomic E-state index is 0.166. The van der Waals surface area contributed by atoms with Crippen LogP contribution in [-0.4, -0.2) is 28.7 Å². The molecule has 0 aliphatic rings. The summed E-state index contributed by atoms with van der Waals surface area (Å²) in [6, 6.07) is 3.63. The van der Waals surface area contributed by atoms with Crippen LogP contribution in [0, 0.1) is 5.82 Å². The SMILES string of the molecule is CS(=O)CCNC(=O)c1cc(N)cc(F)c1. The number of nitrogens with two attached hydrogens (primary N) is 1. The van der Waals surface area contributed by atoms with Gasteiger partial charge in [-0.05, 0) is 18.2 Å². The molecule has 88 valence electrons. The molecule has 1 aromatic rings. The number of carbonyl (C=O) groups is 1. The highest BCUT2D eigenvalue weighted by molar-refractivity contribution is 7.84. The predicted octanol–water partition coefficient (Wildman–Crippen LogP) is 0.516. The second-order valence-electron chi connectivity index (χ2n) is 3.31. The van der Waals surface area contributed by atoms with Crippen molar-refractivity contribution in [3.05, 3.63) is 29.6 Å². The highest BCUT2D eigenvalue weighted by Gasteiger charge is 2.07. The van der Waals surface area contributed by atoms with Gasteiger partial charge >= 0.3 is 0 Å². The topological polar surface area (TPSA) is 72.2 Å². The van der Waals surface area contributed by atoms with Gasteiger partial charge in [-0.2, -0.15) is 0 Å². The van der Waals surface area contributed by atoms with Crippen LogP contribution in [0.3, 0.4) is 0 Å². The van der Waals surface area contributed by atoms with Gasteiger partial charge in [0.05, 0.1) is 0 Å². The lowest BCUT2D eigenvalue weighted by atomic mass is 10.2. The number of nitrogen functional groups attached to an aromatic ring is 1. The van der Waals surface area contributed by atoms with E-state index >= 15 is 0 Å². The van der Waals surface area contributed by atoms with Crippen LogP contribution in [0.5, 0.6) is 0 Å². The number of hydrogen-bond acceptors (Lipinski definition) is 3. The number of anilines is 1. The molecule has 1 atom stereocenters. The van der Waals surface area contributed by atoms with Crippen LogP contribution in [0.25, 0.3) is 0 Å². The van der Waals surface area contributed by atoms with E-state index in [1.54, 1.807) is 6.26 Å². The number of halogens is 1. The van der Waals surface area contributed by atoms with Gasteiger partial charge in [0.15, 0.2) is 0 Å². The van der Waals surface area contributed by atoms with Crippen LogP contribution in [-0.2, 0) is 10.8 Å². The summed E-state index contributed by atoms with van der Waals surface area (Å²) in [4.78, 5) is 11.5. The van der Waals surface area contributed by atoms with Gasteiger partial charge in [-0.25, -0.2) is 4.39 Å². The minimum atomic E-state index is -0.961. The number of carbonyl (C=O) groups excluding carboxylic acids is 1. The monoisotopic (exact) mass is 244 g/mol. The van der Waals surface area contributed by atoms with Gasteiger partial charge < -0.3 is 11.1 Å². The van der Waals surface area contributed by atoms with E-state index in [2.05, 4.69) is 5.32 Å². The van der Waals surface area contributed by atoms with Crippen molar-refractivity contribution in [3.8, 4) is 0 Å². The standard InChI is InChI=1S/C10H13FN2O2S/c1-16(15)3-2-13-10(14)7-4-8(11)6-9(12)5-7/h4-6H,2-3,12H2,1H3,(H,13,14). The van der Waals surface area contributed by atoms with E-state index in [9.17, 15) is 13.4 Å². The van der Waals surface area contributed by atoms with E-state index in [1.165, 1.54) is 6.07 Å². The molecule has 0 spiro atoms. The lowest BCUT2D eigenvalue weighted by molar-refractivity contribution is 0.0955. The molecule has 3 N–H and O–H groups in total. The summed E-state index contributed by atoms with van der Waals surface area (Å²) >= 11 is 0. The average Bonchev–Trinajstić information content (AvgIpc) is 2.15. The Morgan fingerprint density at radius 3 is 2.75 bits per heavy atom. The van der Waals surface area contributed by atoms with Gasteiger partial charge in [-0.15, -0.1) is 0 Å². The Bertz CT molecular complexity index is 403. The average molecular weight is 244 g/mol. The van der Waals surface area contributed by atoms with Gasteiger partial charge in [0.25, 0.3) is 5.91 Å². The van der Waals surface area contributed by atoms with Crippen molar-refractivity contribution in [2.24, 2.45) is 0 Å². The Balaban J connectivity index is 2.62. The molecular formula is C10H13FN2O2S. The summed E-state index contributed by atoms with van der Waals surface area (Å²) < 4.78 is 23.7. The molecule has 0 saturated heterocycles. The Morgan fingerprint density at radius 2 is 2.19 bits per heavy atom. The molecule has 0 radical (unpaired) electrons. The third-order valence-corrected chi connectivity index (χ3v) is 2.64. The van der Waals surface area contributed by atoms with Gasteiger partial charge in [0.2, 0.25) is 0 Å². The van der Waals surface area contributed by atoms with E-state index in [-0.39, 0.29) is 11.3 Å². The van der Waals surface area contributed by atoms with Crippen LogP contribution in [0.15, 0.2) is 18.2 Å². The lowest BCUT2D eigenvalue weighted by Crippen LogP contribution is -2.27. The maximum Gasteiger partial charge on any atom is 0.251 e. The number of benzene rings is 1. The van der Waals surface area contributed by atoms with Crippen molar-refractivity contribution < 1.29 is 13.4 Å². The second-order valence-corrected chi connectivity index (χ2v) is 4.86. The first-order valence-electron chi connectivity index (χ1n) is 4.63. The highest BCUT2D eigenvalue weighted by atomic mass is 32.2. The first-order valence-corrected chi connectivity index (χ1v) is 6.36. The fourth-order valence-corrected chi connectivity index (χ4v) is 1.54. The molecule has 6 heteroatoms. The van der Waals surface area contributed by atoms with Crippen LogP contribution in [0.4, 0.5) is 10.1 Å². The predicted molar refractivity (Wildman–Crippen MR) is 62.1 cm³/mol. The molecule has 0 saturated carbocycles. The van der Waals surface area contributed by atoms with Crippen LogP contribution in [0.1, 0.15) is 10.4 Å². The quantitative estimate of drug-likeness (QED) is 0.758. The Kier molecular flexibility index (Phi) is 4.42. The zero-order chi connectivity index (χ0) is 12.1. The maximum absolute atomic E-state index is 12.9. The maximum atomic E-state index is 12.9. The summed E-state index contributed by atoms with van der Waals surface area (Å²) in [5, 5.41) is 2.53. The molecule has 1 aromatic carbocycles. The molecular weight excluding hydrogens is 231 g/mol. The van der Waals surface area contributed by atoms with E-state index in [4.69, 9.17) is 5.73 Å². The summed E-state index contributed by atoms with van der Waals surface area (Å²) in [6.07, 6.45) is 1.55. The van der Waals surface area contributed by atoms with Gasteiger partial charge in [-0.1, -0.05) is 0 Å². The molecule has 16 heavy (non-hydrogen) atoms. The van der Waals surface area contributed by atoms with E-state index < -0.39 is 22.5 Å². The fraction of sp³-hybridized carbons (Fsp3) is 0.300. The van der Waals surface area contributed by atoms with Crippen molar-refractivity contribution in [1.29, 1.82) is 0 Å². The number of rotatable bonds is 4. The van der Waals surface area contributed by atoms with Crippen molar-refractivity contribution in [2.75, 3.05) is 24.3 Å². The van der Waals surface area contributed by atoms with Crippen molar-refractivity contribution in [1.82, 2.24) is 5.32 Å². The molecule has 0 aliphatic heterocycles. The second kappa shape index (κ2) is 5.60. The Morgan fingerprint density at radius 1 is 1.50 bits per heavy atom. The molecule has 0 aliphatic carbocycles. The third-order valence-electron chi connectivity index (χ3n) is 1.86. The molecule has 0 aromatic heterocycles. The van der Waals surface area contributed by atoms with E-state index in [1.807, 2.05) is 0 Å². The molecule has 0 fully saturated rings. The molecule has 1 amide bonds. The summed E-state index contributed by atoms with van der Waals surface area (Å²) in [6.45, 7) is 0.290. The number of hydrogen-bond donors (Lipinski definition) is 2. The van der Waals surface area contributed by atoms with Crippen molar-refractivity contribution in [3.63, 3.8) is 0 Å². The van der Waals surface area contributed by atoms with E-state index in [0.29, 0.717) is 12.3 Å². The Labute approximate surface area is 95.5 Å². The zero-order valence-electron chi connectivity index (χ0n) is 8.83. The zero-order valence-corrected chi connectivity index (χ0v) is 9.64. The smallest absolute Gasteiger partial charge is 0.251 e. The largest absolute Gasteiger partial charge is 0.399 e. The van der Waals surface area contributed by atoms with Crippen molar-refractivity contribution in [2.45, 2.75) is 0 Å². The van der Waals surface area contributed by atoms with Gasteiger partial charge in [0, 0.05) is 40.6 Å². The normalized spacial score (nSPS) is 12.1. The first kappa shape index (κ1) is 12.6. The summed E-state index contributed by atoms with van der Waals surface area (Å²) in [5.74, 6) is -0.600. The van der Waals surface area contributed by atoms with Gasteiger partial charge in [-0.3, -0.25) is 9.00 Å². The molecule has 1 unspecified atom stereocenters. The third kappa shape index (κ3) is 3.98. The molecule has 0 bridgehead atoms. The Hall–Kier alpha value is -1.43. The minimum Gasteiger partial charge on any atom is -0.399 e. The summed E-state index contributed by atoms with van der Waals surface area (Å²) in [5.41, 5.74) is 5.77. The lowest BCUT2D eigenvalue weighted by Gasteiger charge is -2.05. The molecule has 0 heterocycles. The first-order chi connectivity index (χ1) is 7.49. The molecule has 4 nitrogen and oxygen atoms in total. The fourth-order valence-electron chi connectivity index (χ4n) is 1.15. The van der Waals surface area contributed by atoms with Crippen LogP contribution in [0.2, 0.25) is 0 Å². The van der Waals surface area contributed by atoms with Crippen molar-refractivity contribution >= 4 is 22.4 Å². The molecule has 1 rings (SSSR count). The summed E-state index contributed by atoms with van der Waals surface area (Å²) in [7, 11) is -0.961. The van der Waals surface area contributed by atoms with Gasteiger partial charge in [0.1, 0.15) is 5.82 Å². The highest BCUT2D eigenvalue weighted by Crippen LogP contribution is 2.10. The van der Waals surface area contributed by atoms with E-state index in [0.717, 1.165) is 12.1 Å². The van der Waals surface area contributed by atoms with Crippen LogP contribution < -0.4 is 11.1 Å². The van der Waals surface area contributed by atoms with Crippen LogP contribution >= 0.6 is 0 Å².